The Morgan fingerprint density at radius 2 is 1.31 bits per heavy atom. The van der Waals surface area contributed by atoms with Gasteiger partial charge in [-0.2, -0.15) is 0 Å². The minimum absolute atomic E-state index is 0. The van der Waals surface area contributed by atoms with Gasteiger partial charge in [0.1, 0.15) is 0 Å². The molecule has 0 amide bonds. The number of allylic oxidation sites excluding steroid dienone is 5. The Balaban J connectivity index is 0.00000147. The van der Waals surface area contributed by atoms with E-state index in [1.807, 2.05) is 0 Å². The van der Waals surface area contributed by atoms with Crippen molar-refractivity contribution in [3.8, 4) is 22.3 Å². The molecule has 1 atom stereocenters. The van der Waals surface area contributed by atoms with E-state index in [0.717, 1.165) is 0 Å². The van der Waals surface area contributed by atoms with Crippen LogP contribution in [0.3, 0.4) is 0 Å². The summed E-state index contributed by atoms with van der Waals surface area (Å²) in [6.07, 6.45) is 6.27. The standard InChI is InChI=1S/C36H40Si.2Li.2H/c1-22-20-32-33(35(22)37(6,7)36-25(4)23(2)24(3)26(36)5)21-28-16-13-19-30(28)34(32)31-18-12-11-17-29(31)27-14-9-8-10-15-27;;;;/h8-12,14-15,17-18,20-21,35-36H,13,16,19H2,1-7H3;;;;/q;2*+1;2*-1. The molecule has 0 fully saturated rings. The fraction of sp³-hybridized carbons (Fsp3) is 0.333. The van der Waals surface area contributed by atoms with Crippen LogP contribution in [0.1, 0.15) is 71.7 Å². The molecule has 3 aliphatic rings. The third-order valence-corrected chi connectivity index (χ3v) is 14.6. The number of rotatable bonds is 4. The average Bonchev–Trinajstić information content (AvgIpc) is 3.54. The summed E-state index contributed by atoms with van der Waals surface area (Å²) in [5, 5.41) is 0. The molecule has 3 aromatic carbocycles. The molecule has 39 heavy (non-hydrogen) atoms. The van der Waals surface area contributed by atoms with Gasteiger partial charge < -0.3 is 2.85 Å². The molecule has 0 aromatic heterocycles. The van der Waals surface area contributed by atoms with Crippen molar-refractivity contribution in [2.75, 3.05) is 0 Å². The second kappa shape index (κ2) is 11.3. The largest absolute Gasteiger partial charge is 1.00 e. The van der Waals surface area contributed by atoms with Gasteiger partial charge in [0.15, 0.2) is 0 Å². The molecule has 0 radical (unpaired) electrons. The van der Waals surface area contributed by atoms with E-state index < -0.39 is 8.07 Å². The van der Waals surface area contributed by atoms with Crippen molar-refractivity contribution >= 4 is 14.1 Å². The van der Waals surface area contributed by atoms with E-state index >= 15 is 0 Å². The molecule has 0 saturated heterocycles. The zero-order valence-corrected chi connectivity index (χ0v) is 26.6. The van der Waals surface area contributed by atoms with Crippen LogP contribution in [0.2, 0.25) is 18.6 Å². The topological polar surface area (TPSA) is 0 Å². The van der Waals surface area contributed by atoms with Crippen molar-refractivity contribution in [3.05, 3.63) is 111 Å². The van der Waals surface area contributed by atoms with Crippen LogP contribution in [0.15, 0.2) is 88.5 Å². The molecule has 192 valence electrons. The second-order valence-electron chi connectivity index (χ2n) is 12.3. The van der Waals surface area contributed by atoms with Gasteiger partial charge in [-0.25, -0.2) is 0 Å². The van der Waals surface area contributed by atoms with E-state index in [1.54, 1.807) is 33.4 Å². The quantitative estimate of drug-likeness (QED) is 0.447. The van der Waals surface area contributed by atoms with Crippen molar-refractivity contribution in [2.24, 2.45) is 0 Å². The van der Waals surface area contributed by atoms with Gasteiger partial charge in [0.05, 0.1) is 8.07 Å². The molecular formula is C36H42Li2Si. The van der Waals surface area contributed by atoms with Crippen LogP contribution in [-0.4, -0.2) is 8.07 Å². The van der Waals surface area contributed by atoms with Gasteiger partial charge in [-0.05, 0) is 115 Å². The number of hydrogen-bond donors (Lipinski definition) is 0. The van der Waals surface area contributed by atoms with Crippen molar-refractivity contribution < 1.29 is 40.6 Å². The molecule has 0 saturated carbocycles. The first-order valence-corrected chi connectivity index (χ1v) is 17.2. The van der Waals surface area contributed by atoms with Gasteiger partial charge in [0, 0.05) is 5.54 Å². The van der Waals surface area contributed by atoms with E-state index in [9.17, 15) is 0 Å². The molecule has 3 aliphatic carbocycles. The zero-order chi connectivity index (χ0) is 26.1. The molecule has 0 heterocycles. The summed E-state index contributed by atoms with van der Waals surface area (Å²) in [5.74, 6) is 0. The monoisotopic (exact) mass is 516 g/mol. The van der Waals surface area contributed by atoms with E-state index in [1.165, 1.54) is 58.2 Å². The van der Waals surface area contributed by atoms with Crippen LogP contribution in [-0.2, 0) is 12.8 Å². The number of hydrogen-bond acceptors (Lipinski definition) is 0. The normalized spacial score (nSPS) is 18.5. The first kappa shape index (κ1) is 30.3. The number of aryl methyl sites for hydroxylation is 1. The molecule has 3 aromatic rings. The molecule has 1 unspecified atom stereocenters. The molecule has 6 rings (SSSR count). The molecule has 0 nitrogen and oxygen atoms in total. The Hall–Kier alpha value is -1.71. The van der Waals surface area contributed by atoms with Gasteiger partial charge in [-0.1, -0.05) is 96.6 Å². The van der Waals surface area contributed by atoms with Gasteiger partial charge >= 0.3 is 37.7 Å². The third-order valence-electron chi connectivity index (χ3n) is 9.99. The maximum atomic E-state index is 2.67. The fourth-order valence-electron chi connectivity index (χ4n) is 8.23. The van der Waals surface area contributed by atoms with Crippen LogP contribution in [0.4, 0.5) is 0 Å². The minimum Gasteiger partial charge on any atom is -1.00 e. The summed E-state index contributed by atoms with van der Waals surface area (Å²) in [7, 11) is -1.78. The van der Waals surface area contributed by atoms with Gasteiger partial charge in [-0.3, -0.25) is 0 Å². The van der Waals surface area contributed by atoms with Crippen molar-refractivity contribution in [2.45, 2.75) is 78.1 Å². The SMILES string of the molecule is CC1=Cc2c(cc3c(c2-c2ccccc2-c2ccccc2)CCC3)C1[Si](C)(C)C1C(C)=C(C)C(C)=C1C.[H-].[H-].[Li+].[Li+]. The van der Waals surface area contributed by atoms with Crippen molar-refractivity contribution in [3.63, 3.8) is 0 Å². The molecular weight excluding hydrogens is 474 g/mol. The summed E-state index contributed by atoms with van der Waals surface area (Å²) < 4.78 is 0. The maximum absolute atomic E-state index is 2.67. The molecule has 0 bridgehead atoms. The van der Waals surface area contributed by atoms with E-state index in [2.05, 4.69) is 114 Å². The van der Waals surface area contributed by atoms with Crippen LogP contribution in [0, 0.1) is 0 Å². The Kier molecular flexibility index (Phi) is 8.75. The Morgan fingerprint density at radius 1 is 0.718 bits per heavy atom. The predicted octanol–water partition coefficient (Wildman–Crippen LogP) is 4.55. The van der Waals surface area contributed by atoms with Crippen LogP contribution in [0.5, 0.6) is 0 Å². The smallest absolute Gasteiger partial charge is 1.00 e. The number of fused-ring (bicyclic) bond motifs is 2. The summed E-state index contributed by atoms with van der Waals surface area (Å²) in [5.41, 5.74) is 21.0. The Morgan fingerprint density at radius 3 is 1.95 bits per heavy atom. The summed E-state index contributed by atoms with van der Waals surface area (Å²) in [4.78, 5) is 0. The van der Waals surface area contributed by atoms with Crippen molar-refractivity contribution in [1.82, 2.24) is 0 Å². The van der Waals surface area contributed by atoms with Crippen molar-refractivity contribution in [1.29, 1.82) is 0 Å². The van der Waals surface area contributed by atoms with E-state index in [4.69, 9.17) is 0 Å². The van der Waals surface area contributed by atoms with Crippen LogP contribution < -0.4 is 37.7 Å². The first-order chi connectivity index (χ1) is 17.7. The summed E-state index contributed by atoms with van der Waals surface area (Å²) in [6.45, 7) is 17.3. The maximum Gasteiger partial charge on any atom is 1.00 e. The van der Waals surface area contributed by atoms with Gasteiger partial charge in [0.25, 0.3) is 0 Å². The van der Waals surface area contributed by atoms with Gasteiger partial charge in [0.2, 0.25) is 0 Å². The van der Waals surface area contributed by atoms with Crippen LogP contribution in [0.25, 0.3) is 28.3 Å². The fourth-order valence-corrected chi connectivity index (χ4v) is 13.5. The molecule has 0 aliphatic heterocycles. The Bertz CT molecular complexity index is 1510. The summed E-state index contributed by atoms with van der Waals surface area (Å²) >= 11 is 0. The molecule has 0 spiro atoms. The molecule has 0 N–H and O–H groups in total. The van der Waals surface area contributed by atoms with E-state index in [-0.39, 0.29) is 40.6 Å². The van der Waals surface area contributed by atoms with Crippen LogP contribution >= 0.6 is 0 Å². The predicted molar refractivity (Wildman–Crippen MR) is 166 cm³/mol. The Labute approximate surface area is 264 Å². The zero-order valence-electron chi connectivity index (χ0n) is 27.6. The second-order valence-corrected chi connectivity index (χ2v) is 17.1. The average molecular weight is 517 g/mol. The molecule has 3 heteroatoms. The first-order valence-electron chi connectivity index (χ1n) is 14.1. The third kappa shape index (κ3) is 4.70. The minimum atomic E-state index is -1.78. The number of benzene rings is 3. The van der Waals surface area contributed by atoms with E-state index in [0.29, 0.717) is 11.1 Å². The van der Waals surface area contributed by atoms with Gasteiger partial charge in [-0.15, -0.1) is 0 Å². The summed E-state index contributed by atoms with van der Waals surface area (Å²) in [6, 6.07) is 22.7.